The summed E-state index contributed by atoms with van der Waals surface area (Å²) in [5, 5.41) is 5.79. The maximum atomic E-state index is 12.3. The number of rotatable bonds is 6. The van der Waals surface area contributed by atoms with E-state index in [1.165, 1.54) is 0 Å². The third-order valence-electron chi connectivity index (χ3n) is 5.39. The summed E-state index contributed by atoms with van der Waals surface area (Å²) in [7, 11) is 0. The van der Waals surface area contributed by atoms with Crippen LogP contribution in [0.3, 0.4) is 0 Å². The molecule has 0 aliphatic carbocycles. The molecule has 0 spiro atoms. The summed E-state index contributed by atoms with van der Waals surface area (Å²) < 4.78 is 5.41. The van der Waals surface area contributed by atoms with E-state index in [0.717, 1.165) is 48.7 Å². The summed E-state index contributed by atoms with van der Waals surface area (Å²) in [5.41, 5.74) is 2.88. The van der Waals surface area contributed by atoms with Gasteiger partial charge < -0.3 is 25.2 Å². The van der Waals surface area contributed by atoms with Crippen LogP contribution in [0.25, 0.3) is 0 Å². The third-order valence-corrected chi connectivity index (χ3v) is 5.39. The third kappa shape index (κ3) is 4.88. The smallest absolute Gasteiger partial charge is 0.315 e. The van der Waals surface area contributed by atoms with Crippen molar-refractivity contribution in [1.82, 2.24) is 15.6 Å². The lowest BCUT2D eigenvalue weighted by atomic mass is 10.2. The number of urea groups is 1. The Morgan fingerprint density at radius 2 is 1.80 bits per heavy atom. The normalized spacial score (nSPS) is 16.6. The van der Waals surface area contributed by atoms with E-state index in [2.05, 4.69) is 20.5 Å². The van der Waals surface area contributed by atoms with Crippen LogP contribution >= 0.6 is 0 Å². The zero-order chi connectivity index (χ0) is 20.8. The molecule has 0 radical (unpaired) electrons. The first kappa shape index (κ1) is 20.2. The number of nitrogens with zero attached hydrogens (tertiary/aromatic N) is 3. The molecule has 0 bridgehead atoms. The Bertz CT molecular complexity index is 881. The summed E-state index contributed by atoms with van der Waals surface area (Å²) in [5.74, 6) is 1.07. The molecule has 30 heavy (non-hydrogen) atoms. The molecule has 2 N–H and O–H groups in total. The van der Waals surface area contributed by atoms with Gasteiger partial charge in [0.2, 0.25) is 5.91 Å². The van der Waals surface area contributed by atoms with Crippen LogP contribution in [0.1, 0.15) is 24.0 Å². The Labute approximate surface area is 176 Å². The number of hydrogen-bond acceptors (Lipinski definition) is 5. The fraction of sp³-hybridized carbons (Fsp3) is 0.409. The highest BCUT2D eigenvalue weighted by molar-refractivity contribution is 5.95. The zero-order valence-electron chi connectivity index (χ0n) is 17.0. The number of carbonyl (C=O) groups excluding carboxylic acids is 2. The Kier molecular flexibility index (Phi) is 6.44. The standard InChI is InChI=1S/C22H27N5O3/c28-20-4-2-10-27(20)19-7-5-17(6-8-19)15-24-22(29)25-16-18-3-1-9-23-21(18)26-11-13-30-14-12-26/h1,3,5-9H,2,4,10-16H2,(H2,24,25,29). The van der Waals surface area contributed by atoms with Gasteiger partial charge in [0, 0.05) is 56.6 Å². The van der Waals surface area contributed by atoms with Crippen molar-refractivity contribution in [2.45, 2.75) is 25.9 Å². The molecule has 0 saturated carbocycles. The Morgan fingerprint density at radius 3 is 2.53 bits per heavy atom. The highest BCUT2D eigenvalue weighted by atomic mass is 16.5. The zero-order valence-corrected chi connectivity index (χ0v) is 17.0. The summed E-state index contributed by atoms with van der Waals surface area (Å²) in [6.45, 7) is 4.58. The first-order valence-corrected chi connectivity index (χ1v) is 10.4. The first-order valence-electron chi connectivity index (χ1n) is 10.4. The second-order valence-corrected chi connectivity index (χ2v) is 7.44. The van der Waals surface area contributed by atoms with Crippen molar-refractivity contribution < 1.29 is 14.3 Å². The number of amides is 3. The van der Waals surface area contributed by atoms with E-state index in [9.17, 15) is 9.59 Å². The maximum absolute atomic E-state index is 12.3. The molecule has 8 heteroatoms. The number of aromatic nitrogens is 1. The van der Waals surface area contributed by atoms with Crippen molar-refractivity contribution in [3.8, 4) is 0 Å². The average molecular weight is 409 g/mol. The van der Waals surface area contributed by atoms with Gasteiger partial charge in [0.1, 0.15) is 5.82 Å². The minimum Gasteiger partial charge on any atom is -0.378 e. The van der Waals surface area contributed by atoms with Crippen molar-refractivity contribution >= 4 is 23.4 Å². The lowest BCUT2D eigenvalue weighted by Crippen LogP contribution is -2.38. The van der Waals surface area contributed by atoms with Gasteiger partial charge in [-0.15, -0.1) is 0 Å². The topological polar surface area (TPSA) is 86.8 Å². The molecule has 3 amide bonds. The number of nitrogens with one attached hydrogen (secondary N) is 2. The molecule has 0 atom stereocenters. The number of ether oxygens (including phenoxy) is 1. The molecule has 4 rings (SSSR count). The predicted octanol–water partition coefficient (Wildman–Crippen LogP) is 2.04. The summed E-state index contributed by atoms with van der Waals surface area (Å²) in [6, 6.07) is 11.4. The van der Waals surface area contributed by atoms with E-state index in [1.807, 2.05) is 41.3 Å². The Balaban J connectivity index is 1.27. The van der Waals surface area contributed by atoms with Gasteiger partial charge in [0.15, 0.2) is 0 Å². The number of carbonyl (C=O) groups is 2. The van der Waals surface area contributed by atoms with E-state index in [4.69, 9.17) is 4.74 Å². The van der Waals surface area contributed by atoms with Gasteiger partial charge in [0.05, 0.1) is 13.2 Å². The van der Waals surface area contributed by atoms with Crippen molar-refractivity contribution in [2.24, 2.45) is 0 Å². The number of benzene rings is 1. The van der Waals surface area contributed by atoms with Gasteiger partial charge in [-0.3, -0.25) is 4.79 Å². The molecule has 2 aliphatic rings. The Hall–Kier alpha value is -3.13. The SMILES string of the molecule is O=C(NCc1ccc(N2CCCC2=O)cc1)NCc1cccnc1N1CCOCC1. The minimum absolute atomic E-state index is 0.173. The Morgan fingerprint density at radius 1 is 1.03 bits per heavy atom. The van der Waals surface area contributed by atoms with Crippen LogP contribution in [-0.4, -0.2) is 49.8 Å². The van der Waals surface area contributed by atoms with Crippen LogP contribution in [0.2, 0.25) is 0 Å². The van der Waals surface area contributed by atoms with Gasteiger partial charge >= 0.3 is 6.03 Å². The van der Waals surface area contributed by atoms with Crippen LogP contribution in [-0.2, 0) is 22.6 Å². The van der Waals surface area contributed by atoms with Crippen LogP contribution in [0.5, 0.6) is 0 Å². The monoisotopic (exact) mass is 409 g/mol. The fourth-order valence-electron chi connectivity index (χ4n) is 3.76. The molecule has 2 fully saturated rings. The molecule has 2 aromatic rings. The average Bonchev–Trinajstić information content (AvgIpc) is 3.23. The van der Waals surface area contributed by atoms with Gasteiger partial charge in [-0.05, 0) is 30.2 Å². The second-order valence-electron chi connectivity index (χ2n) is 7.44. The maximum Gasteiger partial charge on any atom is 0.315 e. The predicted molar refractivity (Wildman–Crippen MR) is 114 cm³/mol. The molecular formula is C22H27N5O3. The van der Waals surface area contributed by atoms with E-state index < -0.39 is 0 Å². The summed E-state index contributed by atoms with van der Waals surface area (Å²) in [6.07, 6.45) is 3.30. The number of pyridine rings is 1. The molecule has 3 heterocycles. The molecule has 2 saturated heterocycles. The van der Waals surface area contributed by atoms with Gasteiger partial charge in [0.25, 0.3) is 0 Å². The molecule has 1 aromatic carbocycles. The van der Waals surface area contributed by atoms with Crippen LogP contribution in [0.15, 0.2) is 42.6 Å². The summed E-state index contributed by atoms with van der Waals surface area (Å²) in [4.78, 5) is 32.6. The second kappa shape index (κ2) is 9.58. The van der Waals surface area contributed by atoms with Crippen molar-refractivity contribution in [3.63, 3.8) is 0 Å². The highest BCUT2D eigenvalue weighted by Gasteiger charge is 2.21. The van der Waals surface area contributed by atoms with Crippen molar-refractivity contribution in [3.05, 3.63) is 53.7 Å². The highest BCUT2D eigenvalue weighted by Crippen LogP contribution is 2.21. The van der Waals surface area contributed by atoms with Crippen molar-refractivity contribution in [2.75, 3.05) is 42.6 Å². The van der Waals surface area contributed by atoms with E-state index >= 15 is 0 Å². The van der Waals surface area contributed by atoms with Gasteiger partial charge in [-0.2, -0.15) is 0 Å². The summed E-state index contributed by atoms with van der Waals surface area (Å²) >= 11 is 0. The van der Waals surface area contributed by atoms with E-state index in [-0.39, 0.29) is 11.9 Å². The van der Waals surface area contributed by atoms with Crippen LogP contribution in [0, 0.1) is 0 Å². The van der Waals surface area contributed by atoms with E-state index in [1.54, 1.807) is 6.20 Å². The van der Waals surface area contributed by atoms with Gasteiger partial charge in [-0.1, -0.05) is 18.2 Å². The lowest BCUT2D eigenvalue weighted by Gasteiger charge is -2.29. The molecule has 158 valence electrons. The first-order chi connectivity index (χ1) is 14.7. The molecule has 8 nitrogen and oxygen atoms in total. The number of morpholine rings is 1. The largest absolute Gasteiger partial charge is 0.378 e. The van der Waals surface area contributed by atoms with Crippen LogP contribution < -0.4 is 20.4 Å². The van der Waals surface area contributed by atoms with Gasteiger partial charge in [-0.25, -0.2) is 9.78 Å². The van der Waals surface area contributed by atoms with Crippen LogP contribution in [0.4, 0.5) is 16.3 Å². The molecule has 1 aromatic heterocycles. The van der Waals surface area contributed by atoms with E-state index in [0.29, 0.717) is 32.7 Å². The number of anilines is 2. The number of hydrogen-bond donors (Lipinski definition) is 2. The molecular weight excluding hydrogens is 382 g/mol. The fourth-order valence-corrected chi connectivity index (χ4v) is 3.76. The van der Waals surface area contributed by atoms with Crippen molar-refractivity contribution in [1.29, 1.82) is 0 Å². The molecule has 0 unspecified atom stereocenters. The quantitative estimate of drug-likeness (QED) is 0.763. The lowest BCUT2D eigenvalue weighted by molar-refractivity contribution is -0.117. The minimum atomic E-state index is -0.231. The molecule has 2 aliphatic heterocycles.